The van der Waals surface area contributed by atoms with Gasteiger partial charge in [-0.3, -0.25) is 0 Å². The van der Waals surface area contributed by atoms with Gasteiger partial charge in [0.25, 0.3) is 0 Å². The van der Waals surface area contributed by atoms with Crippen LogP contribution in [0.25, 0.3) is 20.9 Å². The Labute approximate surface area is 59.2 Å². The predicted molar refractivity (Wildman–Crippen MR) is 30.8 cm³/mol. The predicted octanol–water partition coefficient (Wildman–Crippen LogP) is 1.78. The summed E-state index contributed by atoms with van der Waals surface area (Å²) >= 11 is -1.58. The minimum absolute atomic E-state index is 0. The van der Waals surface area contributed by atoms with Gasteiger partial charge in [-0.25, -0.2) is 0 Å². The van der Waals surface area contributed by atoms with Crippen LogP contribution >= 0.6 is 0 Å². The summed E-state index contributed by atoms with van der Waals surface area (Å²) in [6.45, 7) is 0. The summed E-state index contributed by atoms with van der Waals surface area (Å²) in [6, 6.07) is 0. The third kappa shape index (κ3) is 9.11. The van der Waals surface area contributed by atoms with Gasteiger partial charge in [-0.15, -0.1) is 0 Å². The number of hydrogen-bond donors (Lipinski definition) is 0. The molecule has 0 amide bonds. The van der Waals surface area contributed by atoms with Crippen LogP contribution in [0.3, 0.4) is 0 Å². The van der Waals surface area contributed by atoms with Crippen LogP contribution in [0.2, 0.25) is 0 Å². The SMILES string of the molecule is C.[N-]=[N+]=[N][Pb][N]=[N+]=[N-]. The molecule has 6 nitrogen and oxygen atoms in total. The zero-order valence-corrected chi connectivity index (χ0v) is 7.07. The van der Waals surface area contributed by atoms with E-state index >= 15 is 0 Å². The first kappa shape index (κ1) is 10.5. The van der Waals surface area contributed by atoms with Crippen molar-refractivity contribution in [3.05, 3.63) is 20.9 Å². The molecule has 0 heterocycles. The molecule has 2 radical (unpaired) electrons. The first-order valence-corrected chi connectivity index (χ1v) is 4.72. The zero-order valence-electron chi connectivity index (χ0n) is 3.18. The van der Waals surface area contributed by atoms with E-state index in [1.54, 1.807) is 0 Å². The zero-order chi connectivity index (χ0) is 5.54. The fourth-order valence-corrected chi connectivity index (χ4v) is 0.526. The number of nitrogens with zero attached hydrogens (tertiary/aromatic N) is 6. The van der Waals surface area contributed by atoms with Crippen LogP contribution in [0.15, 0.2) is 5.85 Å². The second kappa shape index (κ2) is 9.74. The van der Waals surface area contributed by atoms with Crippen LogP contribution in [-0.4, -0.2) is 24.8 Å². The van der Waals surface area contributed by atoms with Gasteiger partial charge in [0.1, 0.15) is 0 Å². The van der Waals surface area contributed by atoms with Gasteiger partial charge < -0.3 is 0 Å². The molecular weight excluding hydrogens is 303 g/mol. The molecule has 0 aliphatic carbocycles. The Hall–Kier alpha value is -0.458. The van der Waals surface area contributed by atoms with Gasteiger partial charge >= 0.3 is 51.6 Å². The molecule has 0 bridgehead atoms. The van der Waals surface area contributed by atoms with Crippen LogP contribution in [0.4, 0.5) is 0 Å². The van der Waals surface area contributed by atoms with Gasteiger partial charge in [0.2, 0.25) is 0 Å². The summed E-state index contributed by atoms with van der Waals surface area (Å²) in [6.07, 6.45) is 0. The van der Waals surface area contributed by atoms with E-state index in [2.05, 4.69) is 15.7 Å². The van der Waals surface area contributed by atoms with Crippen molar-refractivity contribution in [2.75, 3.05) is 0 Å². The normalized spacial score (nSPS) is 5.00. The quantitative estimate of drug-likeness (QED) is 0.321. The van der Waals surface area contributed by atoms with Crippen molar-refractivity contribution in [3.63, 3.8) is 0 Å². The molecule has 42 valence electrons. The van der Waals surface area contributed by atoms with E-state index < -0.39 is 24.8 Å². The third-order valence-electron chi connectivity index (χ3n) is 0.179. The fourth-order valence-electron chi connectivity index (χ4n) is 0.0600. The van der Waals surface area contributed by atoms with Gasteiger partial charge in [0.05, 0.1) is 0 Å². The Morgan fingerprint density at radius 2 is 1.50 bits per heavy atom. The van der Waals surface area contributed by atoms with E-state index in [-0.39, 0.29) is 7.43 Å². The van der Waals surface area contributed by atoms with Crippen LogP contribution < -0.4 is 0 Å². The first-order valence-electron chi connectivity index (χ1n) is 1.25. The van der Waals surface area contributed by atoms with Crippen LogP contribution in [0.5, 0.6) is 0 Å². The molecule has 0 saturated carbocycles. The molecule has 0 aromatic carbocycles. The van der Waals surface area contributed by atoms with E-state index in [0.29, 0.717) is 0 Å². The van der Waals surface area contributed by atoms with Gasteiger partial charge in [-0.1, -0.05) is 7.43 Å². The van der Waals surface area contributed by atoms with Crippen LogP contribution in [0, 0.1) is 0 Å². The van der Waals surface area contributed by atoms with Crippen molar-refractivity contribution in [3.8, 4) is 0 Å². The Bertz CT molecular complexity index is 111. The molecule has 0 N–H and O–H groups in total. The Morgan fingerprint density at radius 3 is 1.75 bits per heavy atom. The van der Waals surface area contributed by atoms with E-state index in [1.165, 1.54) is 0 Å². The summed E-state index contributed by atoms with van der Waals surface area (Å²) in [4.78, 5) is 4.84. The number of hydrogen-bond acceptors (Lipinski definition) is 2. The van der Waals surface area contributed by atoms with Gasteiger partial charge in [-0.2, -0.15) is 0 Å². The number of azide groups is 1. The van der Waals surface area contributed by atoms with Gasteiger partial charge in [0, 0.05) is 0 Å². The van der Waals surface area contributed by atoms with Crippen molar-refractivity contribution in [1.82, 2.24) is 0 Å². The van der Waals surface area contributed by atoms with E-state index in [0.717, 1.165) is 0 Å². The number of rotatable bonds is 2. The molecule has 0 atom stereocenters. The van der Waals surface area contributed by atoms with E-state index in [1.807, 2.05) is 0 Å². The molecular formula is CH4N6Pb. The van der Waals surface area contributed by atoms with E-state index in [9.17, 15) is 0 Å². The second-order valence-electron chi connectivity index (χ2n) is 0.479. The molecule has 0 spiro atoms. The summed E-state index contributed by atoms with van der Waals surface area (Å²) in [5.41, 5.74) is 15.2. The van der Waals surface area contributed by atoms with Crippen molar-refractivity contribution < 1.29 is 0 Å². The Kier molecular flexibility index (Phi) is 12.8. The molecule has 7 heteroatoms. The molecule has 8 heavy (non-hydrogen) atoms. The van der Waals surface area contributed by atoms with Crippen molar-refractivity contribution in [2.45, 2.75) is 7.43 Å². The molecule has 0 aliphatic rings. The van der Waals surface area contributed by atoms with Gasteiger partial charge in [-0.05, 0) is 0 Å². The summed E-state index contributed by atoms with van der Waals surface area (Å²) in [5.74, 6) is 0. The summed E-state index contributed by atoms with van der Waals surface area (Å²) in [5, 5.41) is 0. The third-order valence-corrected chi connectivity index (χ3v) is 1.57. The molecule has 0 aromatic heterocycles. The molecule has 0 aliphatic heterocycles. The van der Waals surface area contributed by atoms with Crippen LogP contribution in [-0.2, 0) is 0 Å². The second-order valence-corrected chi connectivity index (χ2v) is 2.81. The molecule has 0 fully saturated rings. The molecule has 0 saturated heterocycles. The van der Waals surface area contributed by atoms with Gasteiger partial charge in [0.15, 0.2) is 0 Å². The molecule has 0 aromatic rings. The van der Waals surface area contributed by atoms with Crippen molar-refractivity contribution in [1.29, 1.82) is 0 Å². The standard InChI is InChI=1S/CH4.2N3.Pb/c;2*1-3-2;/h1H4;;;/q;2*-1;+2. The molecule has 0 rings (SSSR count). The van der Waals surface area contributed by atoms with Crippen LogP contribution in [0.1, 0.15) is 7.43 Å². The van der Waals surface area contributed by atoms with Crippen molar-refractivity contribution in [2.24, 2.45) is 5.85 Å². The minimum atomic E-state index is -1.58. The molecule has 0 unspecified atom stereocenters. The first-order chi connectivity index (χ1) is 3.41. The maximum atomic E-state index is 7.62. The average molecular weight is 307 g/mol. The van der Waals surface area contributed by atoms with E-state index in [4.69, 9.17) is 11.1 Å². The summed E-state index contributed by atoms with van der Waals surface area (Å²) in [7, 11) is 0. The average Bonchev–Trinajstić information content (AvgIpc) is 1.69. The monoisotopic (exact) mass is 308 g/mol. The fraction of sp³-hybridized carbons (Fsp3) is 1.00. The topological polar surface area (TPSA) is 97.5 Å². The van der Waals surface area contributed by atoms with Crippen molar-refractivity contribution >= 4 is 24.8 Å². The maximum absolute atomic E-state index is 7.62. The Balaban J connectivity index is 0. The summed E-state index contributed by atoms with van der Waals surface area (Å²) < 4.78 is 6.23. The Morgan fingerprint density at radius 1 is 1.12 bits per heavy atom.